The largest absolute Gasteiger partial charge is 0.416 e. The summed E-state index contributed by atoms with van der Waals surface area (Å²) in [5.74, 6) is -1.88. The maximum Gasteiger partial charge on any atom is 0.416 e. The van der Waals surface area contributed by atoms with Crippen molar-refractivity contribution in [2.75, 3.05) is 0 Å². The van der Waals surface area contributed by atoms with Crippen LogP contribution in [0, 0.1) is 5.92 Å². The predicted octanol–water partition coefficient (Wildman–Crippen LogP) is 4.32. The zero-order valence-corrected chi connectivity index (χ0v) is 16.2. The number of imide groups is 1. The van der Waals surface area contributed by atoms with Gasteiger partial charge in [0.1, 0.15) is 6.04 Å². The van der Waals surface area contributed by atoms with E-state index in [1.54, 1.807) is 0 Å². The molecule has 2 amide bonds. The highest BCUT2D eigenvalue weighted by Crippen LogP contribution is 2.33. The van der Waals surface area contributed by atoms with E-state index >= 15 is 0 Å². The summed E-state index contributed by atoms with van der Waals surface area (Å²) in [6.45, 7) is 4.28. The van der Waals surface area contributed by atoms with Crippen LogP contribution in [0.4, 0.5) is 13.2 Å². The summed E-state index contributed by atoms with van der Waals surface area (Å²) in [6, 6.07) is 11.5. The van der Waals surface area contributed by atoms with E-state index in [1.807, 2.05) is 38.1 Å². The molecule has 0 fully saturated rings. The Bertz CT molecular complexity index is 909. The molecular weight excluding hydrogens is 381 g/mol. The smallest absolute Gasteiger partial charge is 0.298 e. The highest BCUT2D eigenvalue weighted by atomic mass is 19.4. The number of benzene rings is 2. The van der Waals surface area contributed by atoms with Crippen LogP contribution in [0.1, 0.15) is 54.5 Å². The fourth-order valence-electron chi connectivity index (χ4n) is 3.61. The van der Waals surface area contributed by atoms with Crippen molar-refractivity contribution in [2.45, 2.75) is 44.9 Å². The lowest BCUT2D eigenvalue weighted by Gasteiger charge is -2.21. The zero-order chi connectivity index (χ0) is 21.2. The lowest BCUT2D eigenvalue weighted by atomic mass is 9.88. The van der Waals surface area contributed by atoms with Gasteiger partial charge in [-0.25, -0.2) is 0 Å². The third kappa shape index (κ3) is 4.85. The van der Waals surface area contributed by atoms with Crippen LogP contribution in [0.5, 0.6) is 0 Å². The average Bonchev–Trinajstić information content (AvgIpc) is 3.09. The molecule has 2 unspecified atom stereocenters. The fourth-order valence-corrected chi connectivity index (χ4v) is 3.61. The van der Waals surface area contributed by atoms with Crippen molar-refractivity contribution in [2.24, 2.45) is 5.92 Å². The average molecular weight is 404 g/mol. The maximum atomic E-state index is 13.1. The third-order valence-electron chi connectivity index (χ3n) is 5.01. The first-order valence-corrected chi connectivity index (χ1v) is 9.50. The van der Waals surface area contributed by atoms with Gasteiger partial charge in [-0.05, 0) is 35.1 Å². The van der Waals surface area contributed by atoms with E-state index in [-0.39, 0.29) is 11.5 Å². The van der Waals surface area contributed by atoms with Gasteiger partial charge < -0.3 is 0 Å². The minimum absolute atomic E-state index is 0.0562. The molecule has 3 rings (SSSR count). The van der Waals surface area contributed by atoms with Crippen LogP contribution < -0.4 is 10.6 Å². The molecule has 0 saturated heterocycles. The van der Waals surface area contributed by atoms with Gasteiger partial charge in [-0.1, -0.05) is 56.3 Å². The molecule has 4 nitrogen and oxygen atoms in total. The Labute approximate surface area is 167 Å². The van der Waals surface area contributed by atoms with Crippen LogP contribution in [-0.4, -0.2) is 11.8 Å². The molecular formula is C22H23F3N2O2. The lowest BCUT2D eigenvalue weighted by molar-refractivity contribution is -0.138. The number of carbonyl (C=O) groups is 2. The molecule has 2 aromatic rings. The molecule has 0 spiro atoms. The van der Waals surface area contributed by atoms with Gasteiger partial charge in [0, 0.05) is 6.54 Å². The Morgan fingerprint density at radius 1 is 1.14 bits per heavy atom. The number of rotatable bonds is 5. The number of amides is 2. The summed E-state index contributed by atoms with van der Waals surface area (Å²) >= 11 is 0. The quantitative estimate of drug-likeness (QED) is 0.780. The summed E-state index contributed by atoms with van der Waals surface area (Å²) in [6.07, 6.45) is -4.17. The maximum absolute atomic E-state index is 13.1. The molecule has 1 heterocycles. The molecule has 0 radical (unpaired) electrons. The standard InChI is InChI=1S/C22H23F3N2O2/c1-13(2)10-18(14-7-5-8-16(11-14)22(23,24)25)20(28)27-21(29)19-17-9-4-3-6-15(17)12-26-19/h3-9,11,13,18-19,26H,10,12H2,1-2H3,(H,27,28,29). The molecule has 29 heavy (non-hydrogen) atoms. The number of fused-ring (bicyclic) bond motifs is 1. The fraction of sp³-hybridized carbons (Fsp3) is 0.364. The SMILES string of the molecule is CC(C)CC(C(=O)NC(=O)C1NCc2ccccc21)c1cccc(C(F)(F)F)c1. The van der Waals surface area contributed by atoms with E-state index in [1.165, 1.54) is 12.1 Å². The topological polar surface area (TPSA) is 58.2 Å². The van der Waals surface area contributed by atoms with Gasteiger partial charge in [0.2, 0.25) is 11.8 Å². The van der Waals surface area contributed by atoms with Crippen LogP contribution >= 0.6 is 0 Å². The van der Waals surface area contributed by atoms with Crippen LogP contribution in [0.2, 0.25) is 0 Å². The van der Waals surface area contributed by atoms with Gasteiger partial charge in [-0.2, -0.15) is 13.2 Å². The van der Waals surface area contributed by atoms with Crippen molar-refractivity contribution in [3.63, 3.8) is 0 Å². The number of hydrogen-bond acceptors (Lipinski definition) is 3. The minimum atomic E-state index is -4.50. The predicted molar refractivity (Wildman–Crippen MR) is 103 cm³/mol. The molecule has 2 aromatic carbocycles. The molecule has 2 atom stereocenters. The first kappa shape index (κ1) is 21.0. The number of alkyl halides is 3. The number of nitrogens with one attached hydrogen (secondary N) is 2. The minimum Gasteiger partial charge on any atom is -0.298 e. The Balaban J connectivity index is 1.81. The molecule has 7 heteroatoms. The molecule has 0 saturated carbocycles. The van der Waals surface area contributed by atoms with E-state index in [9.17, 15) is 22.8 Å². The first-order chi connectivity index (χ1) is 13.7. The van der Waals surface area contributed by atoms with E-state index in [0.29, 0.717) is 13.0 Å². The van der Waals surface area contributed by atoms with E-state index in [2.05, 4.69) is 10.6 Å². The van der Waals surface area contributed by atoms with E-state index in [0.717, 1.165) is 23.3 Å². The highest BCUT2D eigenvalue weighted by Gasteiger charge is 2.34. The van der Waals surface area contributed by atoms with Crippen molar-refractivity contribution in [3.8, 4) is 0 Å². The van der Waals surface area contributed by atoms with Crippen molar-refractivity contribution in [1.82, 2.24) is 10.6 Å². The summed E-state index contributed by atoms with van der Waals surface area (Å²) in [5.41, 5.74) is 1.22. The summed E-state index contributed by atoms with van der Waals surface area (Å²) in [4.78, 5) is 25.6. The van der Waals surface area contributed by atoms with Gasteiger partial charge in [0.25, 0.3) is 0 Å². The van der Waals surface area contributed by atoms with Gasteiger partial charge >= 0.3 is 6.18 Å². The molecule has 1 aliphatic heterocycles. The molecule has 0 aromatic heterocycles. The second-order valence-electron chi connectivity index (χ2n) is 7.67. The number of hydrogen-bond donors (Lipinski definition) is 2. The van der Waals surface area contributed by atoms with Crippen LogP contribution in [0.15, 0.2) is 48.5 Å². The lowest BCUT2D eigenvalue weighted by Crippen LogP contribution is -2.40. The first-order valence-electron chi connectivity index (χ1n) is 9.50. The van der Waals surface area contributed by atoms with Gasteiger partial charge in [0.15, 0.2) is 0 Å². The van der Waals surface area contributed by atoms with Gasteiger partial charge in [0.05, 0.1) is 11.5 Å². The van der Waals surface area contributed by atoms with Crippen molar-refractivity contribution < 1.29 is 22.8 Å². The molecule has 0 aliphatic carbocycles. The second kappa shape index (κ2) is 8.37. The van der Waals surface area contributed by atoms with E-state index < -0.39 is 35.5 Å². The zero-order valence-electron chi connectivity index (χ0n) is 16.2. The van der Waals surface area contributed by atoms with Gasteiger partial charge in [-0.15, -0.1) is 0 Å². The Hall–Kier alpha value is -2.67. The molecule has 2 N–H and O–H groups in total. The molecule has 1 aliphatic rings. The Morgan fingerprint density at radius 3 is 2.55 bits per heavy atom. The van der Waals surface area contributed by atoms with Crippen molar-refractivity contribution >= 4 is 11.8 Å². The second-order valence-corrected chi connectivity index (χ2v) is 7.67. The third-order valence-corrected chi connectivity index (χ3v) is 5.01. The Kier molecular flexibility index (Phi) is 6.07. The summed E-state index contributed by atoms with van der Waals surface area (Å²) in [5, 5.41) is 5.47. The highest BCUT2D eigenvalue weighted by molar-refractivity contribution is 6.01. The van der Waals surface area contributed by atoms with E-state index in [4.69, 9.17) is 0 Å². The molecule has 154 valence electrons. The Morgan fingerprint density at radius 2 is 1.86 bits per heavy atom. The summed E-state index contributed by atoms with van der Waals surface area (Å²) in [7, 11) is 0. The summed E-state index contributed by atoms with van der Waals surface area (Å²) < 4.78 is 39.3. The van der Waals surface area contributed by atoms with Gasteiger partial charge in [-0.3, -0.25) is 20.2 Å². The number of halogens is 3. The van der Waals surface area contributed by atoms with Crippen molar-refractivity contribution in [1.29, 1.82) is 0 Å². The van der Waals surface area contributed by atoms with Crippen LogP contribution in [0.3, 0.4) is 0 Å². The van der Waals surface area contributed by atoms with Crippen molar-refractivity contribution in [3.05, 3.63) is 70.8 Å². The molecule has 0 bridgehead atoms. The monoisotopic (exact) mass is 404 g/mol. The normalized spacial score (nSPS) is 17.1. The van der Waals surface area contributed by atoms with Crippen LogP contribution in [0.25, 0.3) is 0 Å². The van der Waals surface area contributed by atoms with Crippen LogP contribution in [-0.2, 0) is 22.3 Å². The number of carbonyl (C=O) groups excluding carboxylic acids is 2.